The maximum absolute atomic E-state index is 8.89. The molecule has 1 aromatic heterocycles. The zero-order chi connectivity index (χ0) is 16.9. The van der Waals surface area contributed by atoms with Crippen molar-refractivity contribution in [2.24, 2.45) is 0 Å². The van der Waals surface area contributed by atoms with Crippen LogP contribution < -0.4 is 10.2 Å². The van der Waals surface area contributed by atoms with Crippen LogP contribution in [0, 0.1) is 18.3 Å². The summed E-state index contributed by atoms with van der Waals surface area (Å²) in [6.45, 7) is 5.23. The fraction of sp³-hybridized carbons (Fsp3) is 0.421. The van der Waals surface area contributed by atoms with E-state index in [1.807, 2.05) is 25.1 Å². The van der Waals surface area contributed by atoms with Crippen LogP contribution in [-0.4, -0.2) is 22.6 Å². The molecule has 5 nitrogen and oxygen atoms in total. The molecule has 124 valence electrons. The summed E-state index contributed by atoms with van der Waals surface area (Å²) in [5, 5.41) is 12.2. The van der Waals surface area contributed by atoms with Crippen LogP contribution in [0.2, 0.25) is 0 Å². The van der Waals surface area contributed by atoms with Crippen molar-refractivity contribution in [1.82, 2.24) is 9.97 Å². The number of nitriles is 1. The summed E-state index contributed by atoms with van der Waals surface area (Å²) in [6.07, 6.45) is 4.90. The van der Waals surface area contributed by atoms with Gasteiger partial charge in [0.05, 0.1) is 11.6 Å². The molecule has 1 N–H and O–H groups in total. The van der Waals surface area contributed by atoms with E-state index in [1.165, 1.54) is 19.3 Å². The second-order valence-electron chi connectivity index (χ2n) is 6.22. The van der Waals surface area contributed by atoms with Gasteiger partial charge in [0.2, 0.25) is 0 Å². The Morgan fingerprint density at radius 3 is 2.75 bits per heavy atom. The van der Waals surface area contributed by atoms with Crippen LogP contribution in [0.15, 0.2) is 30.3 Å². The fourth-order valence-electron chi connectivity index (χ4n) is 3.27. The van der Waals surface area contributed by atoms with Gasteiger partial charge in [-0.3, -0.25) is 0 Å². The Balaban J connectivity index is 1.84. The van der Waals surface area contributed by atoms with Crippen LogP contribution in [0.4, 0.5) is 17.3 Å². The maximum Gasteiger partial charge on any atom is 0.136 e. The van der Waals surface area contributed by atoms with E-state index >= 15 is 0 Å². The number of rotatable bonds is 4. The number of nitrogens with zero attached hydrogens (tertiary/aromatic N) is 4. The van der Waals surface area contributed by atoms with E-state index in [4.69, 9.17) is 5.26 Å². The summed E-state index contributed by atoms with van der Waals surface area (Å²) in [6, 6.07) is 12.1. The fourth-order valence-corrected chi connectivity index (χ4v) is 3.27. The van der Waals surface area contributed by atoms with Crippen LogP contribution in [0.1, 0.15) is 44.0 Å². The number of piperidine rings is 1. The highest BCUT2D eigenvalue weighted by atomic mass is 15.2. The first-order chi connectivity index (χ1) is 11.7. The lowest BCUT2D eigenvalue weighted by Gasteiger charge is -2.36. The molecule has 5 heteroatoms. The van der Waals surface area contributed by atoms with Gasteiger partial charge in [0.15, 0.2) is 0 Å². The molecule has 1 saturated heterocycles. The number of benzene rings is 1. The number of hydrogen-bond acceptors (Lipinski definition) is 5. The third kappa shape index (κ3) is 3.65. The second kappa shape index (κ2) is 7.31. The summed E-state index contributed by atoms with van der Waals surface area (Å²) in [5.41, 5.74) is 1.57. The summed E-state index contributed by atoms with van der Waals surface area (Å²) >= 11 is 0. The smallest absolute Gasteiger partial charge is 0.136 e. The Bertz CT molecular complexity index is 732. The number of aromatic nitrogens is 2. The minimum absolute atomic E-state index is 0.566. The van der Waals surface area contributed by atoms with E-state index in [-0.39, 0.29) is 0 Å². The monoisotopic (exact) mass is 321 g/mol. The van der Waals surface area contributed by atoms with Crippen molar-refractivity contribution < 1.29 is 0 Å². The van der Waals surface area contributed by atoms with Crippen LogP contribution in [0.25, 0.3) is 0 Å². The largest absolute Gasteiger partial charge is 0.353 e. The molecule has 0 aliphatic carbocycles. The average Bonchev–Trinajstić information content (AvgIpc) is 2.62. The van der Waals surface area contributed by atoms with Gasteiger partial charge in [-0.15, -0.1) is 0 Å². The van der Waals surface area contributed by atoms with Gasteiger partial charge in [0.1, 0.15) is 17.5 Å². The number of nitrogens with one attached hydrogen (secondary N) is 1. The lowest BCUT2D eigenvalue weighted by atomic mass is 10.00. The second-order valence-corrected chi connectivity index (χ2v) is 6.22. The first kappa shape index (κ1) is 16.3. The van der Waals surface area contributed by atoms with Gasteiger partial charge in [-0.05, 0) is 56.9 Å². The van der Waals surface area contributed by atoms with Gasteiger partial charge in [-0.2, -0.15) is 5.26 Å². The zero-order valence-electron chi connectivity index (χ0n) is 14.3. The molecular formula is C19H23N5. The molecule has 1 atom stereocenters. The molecule has 0 radical (unpaired) electrons. The van der Waals surface area contributed by atoms with Gasteiger partial charge in [-0.1, -0.05) is 6.92 Å². The first-order valence-electron chi connectivity index (χ1n) is 8.59. The third-order valence-electron chi connectivity index (χ3n) is 4.50. The molecule has 3 rings (SSSR count). The first-order valence-corrected chi connectivity index (χ1v) is 8.59. The quantitative estimate of drug-likeness (QED) is 0.915. The molecule has 2 aromatic rings. The molecule has 1 fully saturated rings. The molecule has 24 heavy (non-hydrogen) atoms. The highest BCUT2D eigenvalue weighted by Crippen LogP contribution is 2.27. The molecule has 0 bridgehead atoms. The molecule has 0 saturated carbocycles. The Morgan fingerprint density at radius 2 is 2.04 bits per heavy atom. The van der Waals surface area contributed by atoms with Crippen molar-refractivity contribution >= 4 is 17.3 Å². The average molecular weight is 321 g/mol. The van der Waals surface area contributed by atoms with Crippen LogP contribution >= 0.6 is 0 Å². The number of anilines is 3. The van der Waals surface area contributed by atoms with Crippen molar-refractivity contribution in [3.8, 4) is 6.07 Å². The van der Waals surface area contributed by atoms with E-state index in [9.17, 15) is 0 Å². The normalized spacial score (nSPS) is 17.4. The molecule has 2 heterocycles. The van der Waals surface area contributed by atoms with E-state index in [0.29, 0.717) is 11.6 Å². The number of hydrogen-bond donors (Lipinski definition) is 1. The van der Waals surface area contributed by atoms with Gasteiger partial charge < -0.3 is 10.2 Å². The summed E-state index contributed by atoms with van der Waals surface area (Å²) < 4.78 is 0. The highest BCUT2D eigenvalue weighted by Gasteiger charge is 2.22. The molecule has 1 aliphatic heterocycles. The van der Waals surface area contributed by atoms with E-state index in [1.54, 1.807) is 12.1 Å². The Labute approximate surface area is 143 Å². The van der Waals surface area contributed by atoms with Crippen molar-refractivity contribution in [2.75, 3.05) is 16.8 Å². The lowest BCUT2D eigenvalue weighted by molar-refractivity contribution is 0.446. The van der Waals surface area contributed by atoms with Gasteiger partial charge in [-0.25, -0.2) is 9.97 Å². The van der Waals surface area contributed by atoms with Gasteiger partial charge >= 0.3 is 0 Å². The number of aryl methyl sites for hydroxylation is 1. The molecule has 1 aromatic carbocycles. The molecule has 1 aliphatic rings. The highest BCUT2D eigenvalue weighted by molar-refractivity contribution is 5.60. The van der Waals surface area contributed by atoms with Crippen molar-refractivity contribution in [3.05, 3.63) is 41.7 Å². The SMILES string of the molecule is CCC1CCCCN1c1cc(Nc2ccc(C#N)cc2)nc(C)n1. The minimum atomic E-state index is 0.566. The van der Waals surface area contributed by atoms with Crippen LogP contribution in [0.5, 0.6) is 0 Å². The molecule has 1 unspecified atom stereocenters. The summed E-state index contributed by atoms with van der Waals surface area (Å²) in [4.78, 5) is 11.6. The van der Waals surface area contributed by atoms with E-state index in [0.717, 1.165) is 36.1 Å². The van der Waals surface area contributed by atoms with Crippen LogP contribution in [0.3, 0.4) is 0 Å². The predicted octanol–water partition coefficient (Wildman–Crippen LogP) is 4.17. The maximum atomic E-state index is 8.89. The van der Waals surface area contributed by atoms with Crippen molar-refractivity contribution in [2.45, 2.75) is 45.6 Å². The van der Waals surface area contributed by atoms with Gasteiger partial charge in [0, 0.05) is 24.3 Å². The standard InChI is InChI=1S/C19H23N5/c1-3-17-6-4-5-11-24(17)19-12-18(21-14(2)22-19)23-16-9-7-15(13-20)8-10-16/h7-10,12,17H,3-6,11H2,1-2H3,(H,21,22,23). The van der Waals surface area contributed by atoms with Crippen molar-refractivity contribution in [3.63, 3.8) is 0 Å². The van der Waals surface area contributed by atoms with Crippen molar-refractivity contribution in [1.29, 1.82) is 5.26 Å². The minimum Gasteiger partial charge on any atom is -0.353 e. The molecular weight excluding hydrogens is 298 g/mol. The Kier molecular flexibility index (Phi) is 4.95. The molecule has 0 spiro atoms. The Morgan fingerprint density at radius 1 is 1.25 bits per heavy atom. The lowest BCUT2D eigenvalue weighted by Crippen LogP contribution is -2.39. The van der Waals surface area contributed by atoms with Gasteiger partial charge in [0.25, 0.3) is 0 Å². The molecule has 0 amide bonds. The predicted molar refractivity (Wildman–Crippen MR) is 96.5 cm³/mol. The summed E-state index contributed by atoms with van der Waals surface area (Å²) in [5.74, 6) is 2.57. The zero-order valence-corrected chi connectivity index (χ0v) is 14.3. The van der Waals surface area contributed by atoms with Crippen LogP contribution in [-0.2, 0) is 0 Å². The van der Waals surface area contributed by atoms with E-state index < -0.39 is 0 Å². The topological polar surface area (TPSA) is 64.8 Å². The van der Waals surface area contributed by atoms with E-state index in [2.05, 4.69) is 33.2 Å². The Hall–Kier alpha value is -2.61. The third-order valence-corrected chi connectivity index (χ3v) is 4.50. The summed E-state index contributed by atoms with van der Waals surface area (Å²) in [7, 11) is 0.